The molecule has 6 nitrogen and oxygen atoms in total. The minimum absolute atomic E-state index is 0.273. The summed E-state index contributed by atoms with van der Waals surface area (Å²) in [5.74, 6) is -0.561. The molecule has 2 heterocycles. The van der Waals surface area contributed by atoms with E-state index in [1.807, 2.05) is 0 Å². The molecule has 156 valence electrons. The molecular weight excluding hydrogens is 399 g/mol. The van der Waals surface area contributed by atoms with Crippen molar-refractivity contribution < 1.29 is 28.2 Å². The lowest BCUT2D eigenvalue weighted by Crippen LogP contribution is -2.12. The van der Waals surface area contributed by atoms with Crippen molar-refractivity contribution in [2.45, 2.75) is 26.3 Å². The van der Waals surface area contributed by atoms with E-state index in [0.29, 0.717) is 28.2 Å². The first-order chi connectivity index (χ1) is 14.1. The summed E-state index contributed by atoms with van der Waals surface area (Å²) >= 11 is 0. The van der Waals surface area contributed by atoms with E-state index in [1.165, 1.54) is 6.07 Å². The summed E-state index contributed by atoms with van der Waals surface area (Å²) in [6, 6.07) is 12.3. The number of alkyl halides is 3. The van der Waals surface area contributed by atoms with Gasteiger partial charge in [0, 0.05) is 29.9 Å². The zero-order valence-corrected chi connectivity index (χ0v) is 16.1. The zero-order valence-electron chi connectivity index (χ0n) is 16.1. The Morgan fingerprint density at radius 1 is 1.13 bits per heavy atom. The first kappa shape index (κ1) is 21.3. The number of aromatic nitrogens is 2. The lowest BCUT2D eigenvalue weighted by Gasteiger charge is -2.16. The van der Waals surface area contributed by atoms with E-state index in [2.05, 4.69) is 9.98 Å². The molecule has 1 atom stereocenters. The highest BCUT2D eigenvalue weighted by Gasteiger charge is 2.33. The molecule has 4 rings (SSSR count). The minimum Gasteiger partial charge on any atom is -0.481 e. The second kappa shape index (κ2) is 8.11. The number of imidazole rings is 1. The molecule has 0 bridgehead atoms. The van der Waals surface area contributed by atoms with Crippen LogP contribution in [0, 0.1) is 6.92 Å². The molecule has 0 spiro atoms. The van der Waals surface area contributed by atoms with Gasteiger partial charge in [-0.2, -0.15) is 13.2 Å². The van der Waals surface area contributed by atoms with Crippen LogP contribution in [-0.4, -0.2) is 31.4 Å². The Morgan fingerprint density at radius 3 is 2.37 bits per heavy atom. The van der Waals surface area contributed by atoms with Crippen molar-refractivity contribution in [2.75, 3.05) is 0 Å². The Balaban J connectivity index is 0.000000589. The Hall–Kier alpha value is -3.46. The third-order valence-electron chi connectivity index (χ3n) is 4.31. The van der Waals surface area contributed by atoms with Crippen LogP contribution in [0.3, 0.4) is 0 Å². The lowest BCUT2D eigenvalue weighted by atomic mass is 9.98. The van der Waals surface area contributed by atoms with Gasteiger partial charge >= 0.3 is 6.18 Å². The number of carboxylic acid groups (broad SMARTS) is 1. The molecule has 1 aliphatic rings. The molecule has 0 radical (unpaired) electrons. The smallest absolute Gasteiger partial charge is 0.416 e. The summed E-state index contributed by atoms with van der Waals surface area (Å²) in [6.07, 6.45) is -4.20. The number of aliphatic hydroxyl groups is 1. The molecule has 9 heteroatoms. The molecule has 0 saturated heterocycles. The van der Waals surface area contributed by atoms with Gasteiger partial charge in [-0.25, -0.2) is 9.98 Å². The predicted octanol–water partition coefficient (Wildman–Crippen LogP) is 4.13. The molecule has 0 fully saturated rings. The number of fused-ring (bicyclic) bond motifs is 3. The van der Waals surface area contributed by atoms with E-state index in [1.54, 1.807) is 48.0 Å². The number of aryl methyl sites for hydroxylation is 1. The lowest BCUT2D eigenvalue weighted by molar-refractivity contribution is -0.137. The van der Waals surface area contributed by atoms with E-state index < -0.39 is 23.9 Å². The number of carbonyl (C=O) groups is 1. The topological polar surface area (TPSA) is 87.7 Å². The average Bonchev–Trinajstić information content (AvgIpc) is 3.00. The molecule has 1 unspecified atom stereocenters. The van der Waals surface area contributed by atoms with Gasteiger partial charge < -0.3 is 10.2 Å². The Morgan fingerprint density at radius 2 is 1.77 bits per heavy atom. The number of hydrogen-bond donors (Lipinski definition) is 2. The van der Waals surface area contributed by atoms with Crippen LogP contribution in [0.4, 0.5) is 13.2 Å². The van der Waals surface area contributed by atoms with Gasteiger partial charge in [-0.15, -0.1) is 0 Å². The van der Waals surface area contributed by atoms with Gasteiger partial charge in [0.15, 0.2) is 5.82 Å². The van der Waals surface area contributed by atoms with Gasteiger partial charge in [-0.3, -0.25) is 9.36 Å². The maximum absolute atomic E-state index is 13.3. The molecule has 2 N–H and O–H groups in total. The van der Waals surface area contributed by atoms with Crippen molar-refractivity contribution in [1.82, 2.24) is 9.55 Å². The number of aliphatic imine (C=N–C) groups is 1. The fourth-order valence-electron chi connectivity index (χ4n) is 3.12. The van der Waals surface area contributed by atoms with Crippen LogP contribution in [0.15, 0.2) is 59.7 Å². The normalized spacial score (nSPS) is 15.1. The number of halogens is 3. The van der Waals surface area contributed by atoms with Crippen molar-refractivity contribution in [1.29, 1.82) is 0 Å². The number of carboxylic acids is 1. The highest BCUT2D eigenvalue weighted by Crippen LogP contribution is 2.35. The van der Waals surface area contributed by atoms with Crippen molar-refractivity contribution in [3.05, 3.63) is 82.9 Å². The summed E-state index contributed by atoms with van der Waals surface area (Å²) in [7, 11) is 0. The van der Waals surface area contributed by atoms with Gasteiger partial charge in [0.25, 0.3) is 5.97 Å². The van der Waals surface area contributed by atoms with Gasteiger partial charge in [-0.1, -0.05) is 30.3 Å². The number of rotatable bonds is 1. The summed E-state index contributed by atoms with van der Waals surface area (Å²) in [5.41, 5.74) is 1.65. The van der Waals surface area contributed by atoms with Crippen molar-refractivity contribution in [3.8, 4) is 5.69 Å². The number of aliphatic hydroxyl groups excluding tert-OH is 1. The third kappa shape index (κ3) is 4.25. The summed E-state index contributed by atoms with van der Waals surface area (Å²) < 4.78 is 41.5. The monoisotopic (exact) mass is 417 g/mol. The Kier molecular flexibility index (Phi) is 5.75. The molecule has 0 amide bonds. The second-order valence-electron chi connectivity index (χ2n) is 6.56. The van der Waals surface area contributed by atoms with Crippen molar-refractivity contribution >= 4 is 11.7 Å². The summed E-state index contributed by atoms with van der Waals surface area (Å²) in [6.45, 7) is 2.86. The number of hydrogen-bond acceptors (Lipinski definition) is 4. The fraction of sp³-hybridized carbons (Fsp3) is 0.190. The molecular formula is C21H18F3N3O3. The van der Waals surface area contributed by atoms with E-state index in [-0.39, 0.29) is 5.82 Å². The molecule has 2 aromatic carbocycles. The van der Waals surface area contributed by atoms with Crippen molar-refractivity contribution in [2.24, 2.45) is 4.99 Å². The standard InChI is InChI=1S/C19H14F3N3O.C2H4O2/c1-11-10-23-17-18(26)24-16(12-5-3-2-4-6-12)14-9-13(19(20,21)22)7-8-15(14)25(11)17;1-2(3)4/h2-10,18,26H,1H3;1H3,(H,3,4). The molecule has 1 aromatic heterocycles. The quantitative estimate of drug-likeness (QED) is 0.623. The minimum atomic E-state index is -4.48. The molecule has 3 aromatic rings. The largest absolute Gasteiger partial charge is 0.481 e. The van der Waals surface area contributed by atoms with Gasteiger partial charge in [0.05, 0.1) is 17.0 Å². The maximum atomic E-state index is 13.3. The van der Waals surface area contributed by atoms with E-state index in [4.69, 9.17) is 9.90 Å². The number of nitrogens with zero attached hydrogens (tertiary/aromatic N) is 3. The maximum Gasteiger partial charge on any atom is 0.416 e. The molecule has 30 heavy (non-hydrogen) atoms. The van der Waals surface area contributed by atoms with E-state index in [9.17, 15) is 18.3 Å². The number of benzene rings is 2. The fourth-order valence-corrected chi connectivity index (χ4v) is 3.12. The predicted molar refractivity (Wildman–Crippen MR) is 104 cm³/mol. The average molecular weight is 417 g/mol. The summed E-state index contributed by atoms with van der Waals surface area (Å²) in [4.78, 5) is 17.5. The Bertz CT molecular complexity index is 1100. The van der Waals surface area contributed by atoms with E-state index in [0.717, 1.165) is 19.1 Å². The van der Waals surface area contributed by atoms with Crippen LogP contribution in [0.1, 0.15) is 41.4 Å². The first-order valence-electron chi connectivity index (χ1n) is 8.86. The second-order valence-corrected chi connectivity index (χ2v) is 6.56. The highest BCUT2D eigenvalue weighted by atomic mass is 19.4. The molecule has 1 aliphatic heterocycles. The molecule has 0 saturated carbocycles. The van der Waals surface area contributed by atoms with Crippen LogP contribution in [0.5, 0.6) is 0 Å². The van der Waals surface area contributed by atoms with E-state index >= 15 is 0 Å². The van der Waals surface area contributed by atoms with Gasteiger partial charge in [-0.05, 0) is 25.1 Å². The van der Waals surface area contributed by atoms with Crippen LogP contribution in [0.25, 0.3) is 5.69 Å². The van der Waals surface area contributed by atoms with Crippen LogP contribution < -0.4 is 0 Å². The zero-order chi connectivity index (χ0) is 22.1. The van der Waals surface area contributed by atoms with Crippen LogP contribution in [-0.2, 0) is 11.0 Å². The van der Waals surface area contributed by atoms with Gasteiger partial charge in [0.1, 0.15) is 0 Å². The van der Waals surface area contributed by atoms with Crippen LogP contribution >= 0.6 is 0 Å². The third-order valence-corrected chi connectivity index (χ3v) is 4.31. The van der Waals surface area contributed by atoms with Crippen LogP contribution in [0.2, 0.25) is 0 Å². The SMILES string of the molecule is CC(=O)O.Cc1cnc2n1-c1ccc(C(F)(F)F)cc1C(c1ccccc1)=NC2O. The first-order valence-corrected chi connectivity index (χ1v) is 8.86. The summed E-state index contributed by atoms with van der Waals surface area (Å²) in [5, 5.41) is 17.9. The Labute approximate surface area is 170 Å². The number of aliphatic carboxylic acids is 1. The molecule has 0 aliphatic carbocycles. The highest BCUT2D eigenvalue weighted by molar-refractivity contribution is 6.15. The van der Waals surface area contributed by atoms with Gasteiger partial charge in [0.2, 0.25) is 6.23 Å². The van der Waals surface area contributed by atoms with Crippen molar-refractivity contribution in [3.63, 3.8) is 0 Å².